The zero-order chi connectivity index (χ0) is 14.1. The molecule has 0 atom stereocenters. The van der Waals surface area contributed by atoms with E-state index in [1.807, 2.05) is 37.3 Å². The monoisotopic (exact) mass is 261 g/mol. The van der Waals surface area contributed by atoms with Gasteiger partial charge in [-0.15, -0.1) is 0 Å². The second-order valence-corrected chi connectivity index (χ2v) is 4.62. The summed E-state index contributed by atoms with van der Waals surface area (Å²) in [4.78, 5) is 0. The third-order valence-corrected chi connectivity index (χ3v) is 3.31. The molecule has 20 heavy (non-hydrogen) atoms. The minimum Gasteiger partial charge on any atom is -0.567 e. The molecule has 2 aromatic heterocycles. The normalized spacial score (nSPS) is 10.4. The quantitative estimate of drug-likeness (QED) is 0.664. The molecule has 0 unspecified atom stereocenters. The van der Waals surface area contributed by atoms with Gasteiger partial charge in [0.05, 0.1) is 23.5 Å². The number of nitriles is 1. The van der Waals surface area contributed by atoms with Crippen molar-refractivity contribution < 1.29 is 4.65 Å². The van der Waals surface area contributed by atoms with Crippen LogP contribution in [0, 0.1) is 18.3 Å². The molecule has 2 heterocycles. The van der Waals surface area contributed by atoms with Gasteiger partial charge in [-0.2, -0.15) is 10.4 Å². The standard InChI is InChI=1S/C15H12BN3O/c1-10-2-4-11(5-3-10)14-6-13(20-16)9-19-15(14)12(7-17)8-18-19/h2-6,8-9H,16H2,1H3. The Morgan fingerprint density at radius 3 is 2.70 bits per heavy atom. The van der Waals surface area contributed by atoms with Gasteiger partial charge < -0.3 is 4.65 Å². The molecule has 0 spiro atoms. The van der Waals surface area contributed by atoms with E-state index < -0.39 is 0 Å². The van der Waals surface area contributed by atoms with E-state index in [1.54, 1.807) is 25.0 Å². The van der Waals surface area contributed by atoms with Gasteiger partial charge in [0.15, 0.2) is 0 Å². The summed E-state index contributed by atoms with van der Waals surface area (Å²) in [5.74, 6) is 0.709. The lowest BCUT2D eigenvalue weighted by Gasteiger charge is -2.09. The van der Waals surface area contributed by atoms with Gasteiger partial charge in [0, 0.05) is 5.56 Å². The molecule has 0 fully saturated rings. The maximum atomic E-state index is 9.23. The topological polar surface area (TPSA) is 50.3 Å². The van der Waals surface area contributed by atoms with Crippen molar-refractivity contribution in [3.05, 3.63) is 53.9 Å². The third-order valence-electron chi connectivity index (χ3n) is 3.31. The molecule has 0 amide bonds. The number of fused-ring (bicyclic) bond motifs is 1. The first-order valence-electron chi connectivity index (χ1n) is 6.25. The Balaban J connectivity index is 2.34. The first-order valence-corrected chi connectivity index (χ1v) is 6.25. The van der Waals surface area contributed by atoms with Crippen LogP contribution in [0.1, 0.15) is 11.1 Å². The highest BCUT2D eigenvalue weighted by molar-refractivity contribution is 6.00. The molecule has 96 valence electrons. The van der Waals surface area contributed by atoms with E-state index in [0.29, 0.717) is 11.3 Å². The van der Waals surface area contributed by atoms with Gasteiger partial charge in [-0.3, -0.25) is 0 Å². The number of hydrogen-bond acceptors (Lipinski definition) is 3. The summed E-state index contributed by atoms with van der Waals surface area (Å²) in [6.07, 6.45) is 3.35. The van der Waals surface area contributed by atoms with Crippen molar-refractivity contribution in [3.63, 3.8) is 0 Å². The number of nitrogens with zero attached hydrogens (tertiary/aromatic N) is 3. The van der Waals surface area contributed by atoms with Gasteiger partial charge in [-0.05, 0) is 18.6 Å². The minimum absolute atomic E-state index is 0.559. The number of aryl methyl sites for hydroxylation is 1. The van der Waals surface area contributed by atoms with Gasteiger partial charge in [0.1, 0.15) is 11.8 Å². The molecule has 3 aromatic rings. The largest absolute Gasteiger partial charge is 0.567 e. The number of aromatic nitrogens is 2. The second kappa shape index (κ2) is 4.74. The summed E-state index contributed by atoms with van der Waals surface area (Å²) in [5, 5.41) is 13.4. The van der Waals surface area contributed by atoms with Crippen molar-refractivity contribution in [2.24, 2.45) is 0 Å². The molecule has 0 aliphatic rings. The molecule has 0 saturated carbocycles. The second-order valence-electron chi connectivity index (χ2n) is 4.62. The number of rotatable bonds is 2. The third kappa shape index (κ3) is 1.92. The molecule has 5 heteroatoms. The predicted octanol–water partition coefficient (Wildman–Crippen LogP) is 2.11. The van der Waals surface area contributed by atoms with E-state index in [4.69, 9.17) is 4.65 Å². The summed E-state index contributed by atoms with van der Waals surface area (Å²) in [6.45, 7) is 2.05. The highest BCUT2D eigenvalue weighted by atomic mass is 16.4. The van der Waals surface area contributed by atoms with E-state index in [0.717, 1.165) is 16.6 Å². The Hall–Kier alpha value is -2.74. The number of benzene rings is 1. The zero-order valence-corrected chi connectivity index (χ0v) is 11.3. The van der Waals surface area contributed by atoms with Crippen LogP contribution >= 0.6 is 0 Å². The van der Waals surface area contributed by atoms with Crippen molar-refractivity contribution >= 4 is 13.6 Å². The predicted molar refractivity (Wildman–Crippen MR) is 79.3 cm³/mol. The summed E-state index contributed by atoms with van der Waals surface area (Å²) in [6, 6.07) is 12.3. The minimum atomic E-state index is 0.559. The summed E-state index contributed by atoms with van der Waals surface area (Å²) in [5.41, 5.74) is 4.54. The zero-order valence-electron chi connectivity index (χ0n) is 11.3. The highest BCUT2D eigenvalue weighted by Gasteiger charge is 2.12. The van der Waals surface area contributed by atoms with Gasteiger partial charge in [-0.25, -0.2) is 4.52 Å². The lowest BCUT2D eigenvalue weighted by atomic mass is 10.0. The molecule has 3 rings (SSSR count). The highest BCUT2D eigenvalue weighted by Crippen LogP contribution is 2.30. The van der Waals surface area contributed by atoms with Gasteiger partial charge in [0.25, 0.3) is 0 Å². The van der Waals surface area contributed by atoms with Gasteiger partial charge in [-0.1, -0.05) is 29.8 Å². The summed E-state index contributed by atoms with van der Waals surface area (Å²) < 4.78 is 6.99. The molecule has 0 bridgehead atoms. The Morgan fingerprint density at radius 2 is 2.05 bits per heavy atom. The molecule has 0 radical (unpaired) electrons. The lowest BCUT2D eigenvalue weighted by Crippen LogP contribution is -1.95. The molecule has 0 saturated heterocycles. The molecular weight excluding hydrogens is 249 g/mol. The van der Waals surface area contributed by atoms with Crippen LogP contribution in [-0.4, -0.2) is 17.7 Å². The van der Waals surface area contributed by atoms with Crippen LogP contribution in [0.5, 0.6) is 5.75 Å². The average molecular weight is 261 g/mol. The van der Waals surface area contributed by atoms with Crippen LogP contribution in [0.4, 0.5) is 0 Å². The number of hydrogen-bond donors (Lipinski definition) is 0. The van der Waals surface area contributed by atoms with Crippen LogP contribution in [0.15, 0.2) is 42.7 Å². The summed E-state index contributed by atoms with van der Waals surface area (Å²) >= 11 is 0. The first kappa shape index (κ1) is 12.3. The van der Waals surface area contributed by atoms with Gasteiger partial charge >= 0.3 is 8.05 Å². The fourth-order valence-corrected chi connectivity index (χ4v) is 2.24. The molecule has 0 aliphatic carbocycles. The van der Waals surface area contributed by atoms with Gasteiger partial charge in [0.2, 0.25) is 0 Å². The maximum absolute atomic E-state index is 9.23. The van der Waals surface area contributed by atoms with Crippen LogP contribution in [-0.2, 0) is 0 Å². The molecule has 0 aliphatic heterocycles. The van der Waals surface area contributed by atoms with Crippen LogP contribution in [0.2, 0.25) is 0 Å². The SMILES string of the molecule is BOc1cc(-c2ccc(C)cc2)c2c(C#N)cnn2c1. The van der Waals surface area contributed by atoms with Crippen molar-refractivity contribution in [1.82, 2.24) is 9.61 Å². The van der Waals surface area contributed by atoms with E-state index in [2.05, 4.69) is 11.2 Å². The van der Waals surface area contributed by atoms with Crippen molar-refractivity contribution in [3.8, 4) is 22.9 Å². The van der Waals surface area contributed by atoms with E-state index >= 15 is 0 Å². The fourth-order valence-electron chi connectivity index (χ4n) is 2.24. The fraction of sp³-hybridized carbons (Fsp3) is 0.0667. The molecule has 4 nitrogen and oxygen atoms in total. The maximum Gasteiger partial charge on any atom is 0.322 e. The smallest absolute Gasteiger partial charge is 0.322 e. The first-order chi connectivity index (χ1) is 9.72. The van der Waals surface area contributed by atoms with Crippen molar-refractivity contribution in [2.75, 3.05) is 0 Å². The Labute approximate surface area is 117 Å². The van der Waals surface area contributed by atoms with Crippen LogP contribution in [0.25, 0.3) is 16.6 Å². The van der Waals surface area contributed by atoms with Crippen molar-refractivity contribution in [2.45, 2.75) is 6.92 Å². The van der Waals surface area contributed by atoms with E-state index in [-0.39, 0.29) is 0 Å². The van der Waals surface area contributed by atoms with E-state index in [1.165, 1.54) is 5.56 Å². The van der Waals surface area contributed by atoms with Crippen LogP contribution in [0.3, 0.4) is 0 Å². The number of pyridine rings is 1. The summed E-state index contributed by atoms with van der Waals surface area (Å²) in [7, 11) is 1.62. The Bertz CT molecular complexity index is 815. The average Bonchev–Trinajstić information content (AvgIpc) is 2.90. The Kier molecular flexibility index (Phi) is 2.92. The Morgan fingerprint density at radius 1 is 1.30 bits per heavy atom. The molecular formula is C15H12BN3O. The van der Waals surface area contributed by atoms with E-state index in [9.17, 15) is 5.26 Å². The van der Waals surface area contributed by atoms with Crippen molar-refractivity contribution in [1.29, 1.82) is 5.26 Å². The molecule has 0 N–H and O–H groups in total. The lowest BCUT2D eigenvalue weighted by molar-refractivity contribution is 0.608. The van der Waals surface area contributed by atoms with Crippen LogP contribution < -0.4 is 4.65 Å². The molecule has 1 aromatic carbocycles.